The Bertz CT molecular complexity index is 683. The Labute approximate surface area is 91.8 Å². The van der Waals surface area contributed by atoms with E-state index in [1.807, 2.05) is 18.2 Å². The molecule has 0 aromatic heterocycles. The van der Waals surface area contributed by atoms with Gasteiger partial charge in [-0.25, -0.2) is 4.39 Å². The minimum absolute atomic E-state index is 0.137. The van der Waals surface area contributed by atoms with Crippen LogP contribution < -0.4 is 0 Å². The van der Waals surface area contributed by atoms with Crippen molar-refractivity contribution < 1.29 is 9.50 Å². The zero-order valence-electron chi connectivity index (χ0n) is 8.41. The molecule has 0 aliphatic heterocycles. The monoisotopic (exact) mass is 211 g/mol. The molecule has 0 amide bonds. The van der Waals surface area contributed by atoms with Gasteiger partial charge in [0.05, 0.1) is 0 Å². The first kappa shape index (κ1) is 9.16. The summed E-state index contributed by atoms with van der Waals surface area (Å²) in [6.45, 7) is 0. The predicted molar refractivity (Wildman–Crippen MR) is 61.5 cm³/mol. The molecule has 0 saturated heterocycles. The summed E-state index contributed by atoms with van der Waals surface area (Å²) in [6.07, 6.45) is 0. The molecule has 77 valence electrons. The highest BCUT2D eigenvalue weighted by molar-refractivity contribution is 6.09. The lowest BCUT2D eigenvalue weighted by molar-refractivity contribution is 0.360. The highest BCUT2D eigenvalue weighted by Crippen LogP contribution is 2.32. The van der Waals surface area contributed by atoms with Crippen molar-refractivity contribution in [1.29, 1.82) is 0 Å². The van der Waals surface area contributed by atoms with Crippen LogP contribution >= 0.6 is 0 Å². The Morgan fingerprint density at radius 1 is 0.750 bits per heavy atom. The number of benzene rings is 3. The standard InChI is InChI=1S/C14H8FO/c15-13-8-12-10(6-3-7-14(12)16)9-4-1-2-5-11(9)13/h1-8H. The maximum Gasteiger partial charge on any atom is 0.186 e. The topological polar surface area (TPSA) is 19.9 Å². The highest BCUT2D eigenvalue weighted by Gasteiger charge is 2.08. The lowest BCUT2D eigenvalue weighted by atomic mass is 10.0. The molecular weight excluding hydrogens is 203 g/mol. The van der Waals surface area contributed by atoms with Crippen molar-refractivity contribution in [3.63, 3.8) is 0 Å². The van der Waals surface area contributed by atoms with E-state index in [1.54, 1.807) is 18.2 Å². The summed E-state index contributed by atoms with van der Waals surface area (Å²) in [4.78, 5) is 0. The maximum absolute atomic E-state index is 13.8. The first-order valence-corrected chi connectivity index (χ1v) is 5.04. The Hall–Kier alpha value is -2.09. The number of hydrogen-bond donors (Lipinski definition) is 0. The molecule has 0 heterocycles. The van der Waals surface area contributed by atoms with Crippen molar-refractivity contribution in [3.05, 3.63) is 54.3 Å². The maximum atomic E-state index is 13.8. The molecule has 3 aromatic rings. The van der Waals surface area contributed by atoms with Crippen LogP contribution in [0.25, 0.3) is 21.5 Å². The Balaban J connectivity index is 2.64. The van der Waals surface area contributed by atoms with E-state index in [1.165, 1.54) is 12.1 Å². The first-order chi connectivity index (χ1) is 7.77. The molecule has 0 atom stereocenters. The van der Waals surface area contributed by atoms with E-state index in [2.05, 4.69) is 0 Å². The Morgan fingerprint density at radius 3 is 2.19 bits per heavy atom. The predicted octanol–water partition coefficient (Wildman–Crippen LogP) is 4.28. The van der Waals surface area contributed by atoms with Crippen LogP contribution in [0.15, 0.2) is 48.5 Å². The van der Waals surface area contributed by atoms with Crippen molar-refractivity contribution in [2.75, 3.05) is 0 Å². The summed E-state index contributed by atoms with van der Waals surface area (Å²) in [5.41, 5.74) is 0. The fourth-order valence-electron chi connectivity index (χ4n) is 2.06. The molecule has 1 nitrogen and oxygen atoms in total. The van der Waals surface area contributed by atoms with Crippen molar-refractivity contribution in [3.8, 4) is 5.75 Å². The van der Waals surface area contributed by atoms with Crippen molar-refractivity contribution in [2.24, 2.45) is 0 Å². The van der Waals surface area contributed by atoms with Gasteiger partial charge >= 0.3 is 0 Å². The molecule has 0 saturated carbocycles. The van der Waals surface area contributed by atoms with Gasteiger partial charge in [0.1, 0.15) is 5.82 Å². The van der Waals surface area contributed by atoms with E-state index in [9.17, 15) is 9.50 Å². The van der Waals surface area contributed by atoms with Gasteiger partial charge in [0, 0.05) is 10.8 Å². The van der Waals surface area contributed by atoms with Crippen molar-refractivity contribution in [1.82, 2.24) is 0 Å². The van der Waals surface area contributed by atoms with Gasteiger partial charge in [-0.3, -0.25) is 5.11 Å². The van der Waals surface area contributed by atoms with Crippen LogP contribution in [-0.4, -0.2) is 0 Å². The fraction of sp³-hybridized carbons (Fsp3) is 0. The highest BCUT2D eigenvalue weighted by atomic mass is 19.1. The van der Waals surface area contributed by atoms with Gasteiger partial charge < -0.3 is 0 Å². The second-order valence-corrected chi connectivity index (χ2v) is 3.76. The van der Waals surface area contributed by atoms with Crippen LogP contribution in [0.3, 0.4) is 0 Å². The largest absolute Gasteiger partial charge is 0.289 e. The molecule has 0 bridgehead atoms. The summed E-state index contributed by atoms with van der Waals surface area (Å²) in [7, 11) is 0. The van der Waals surface area contributed by atoms with Crippen LogP contribution in [0.1, 0.15) is 0 Å². The zero-order valence-corrected chi connectivity index (χ0v) is 8.41. The molecule has 0 unspecified atom stereocenters. The van der Waals surface area contributed by atoms with Crippen LogP contribution in [0, 0.1) is 5.82 Å². The van der Waals surface area contributed by atoms with E-state index in [4.69, 9.17) is 0 Å². The van der Waals surface area contributed by atoms with Gasteiger partial charge in [0.25, 0.3) is 0 Å². The summed E-state index contributed by atoms with van der Waals surface area (Å²) in [5, 5.41) is 14.2. The quantitative estimate of drug-likeness (QED) is 0.495. The summed E-state index contributed by atoms with van der Waals surface area (Å²) >= 11 is 0. The minimum Gasteiger partial charge on any atom is -0.289 e. The first-order valence-electron chi connectivity index (χ1n) is 5.04. The fourth-order valence-corrected chi connectivity index (χ4v) is 2.06. The molecule has 0 aliphatic carbocycles. The number of rotatable bonds is 0. The van der Waals surface area contributed by atoms with E-state index in [0.717, 1.165) is 10.8 Å². The average molecular weight is 211 g/mol. The van der Waals surface area contributed by atoms with Crippen LogP contribution in [-0.2, 0) is 5.11 Å². The van der Waals surface area contributed by atoms with E-state index >= 15 is 0 Å². The van der Waals surface area contributed by atoms with E-state index in [-0.39, 0.29) is 11.6 Å². The molecule has 0 aliphatic rings. The number of hydrogen-bond acceptors (Lipinski definition) is 0. The molecule has 16 heavy (non-hydrogen) atoms. The normalized spacial score (nSPS) is 11.1. The van der Waals surface area contributed by atoms with E-state index in [0.29, 0.717) is 10.8 Å². The Kier molecular flexibility index (Phi) is 1.83. The molecule has 3 rings (SSSR count). The van der Waals surface area contributed by atoms with Crippen LogP contribution in [0.2, 0.25) is 0 Å². The molecule has 0 fully saturated rings. The van der Waals surface area contributed by atoms with E-state index < -0.39 is 0 Å². The molecule has 0 N–H and O–H groups in total. The average Bonchev–Trinajstić information content (AvgIpc) is 2.31. The van der Waals surface area contributed by atoms with Gasteiger partial charge in [-0.05, 0) is 22.9 Å². The summed E-state index contributed by atoms with van der Waals surface area (Å²) < 4.78 is 13.8. The van der Waals surface area contributed by atoms with Gasteiger partial charge in [-0.2, -0.15) is 0 Å². The second kappa shape index (κ2) is 3.20. The van der Waals surface area contributed by atoms with Crippen LogP contribution in [0.5, 0.6) is 5.75 Å². The third kappa shape index (κ3) is 1.16. The minimum atomic E-state index is -0.341. The molecule has 1 radical (unpaired) electrons. The van der Waals surface area contributed by atoms with Gasteiger partial charge in [-0.1, -0.05) is 36.4 Å². The zero-order chi connectivity index (χ0) is 11.1. The summed E-state index contributed by atoms with van der Waals surface area (Å²) in [6, 6.07) is 13.5. The van der Waals surface area contributed by atoms with Gasteiger partial charge in [-0.15, -0.1) is 0 Å². The number of fused-ring (bicyclic) bond motifs is 3. The molecule has 2 heteroatoms. The smallest absolute Gasteiger partial charge is 0.186 e. The third-order valence-electron chi connectivity index (χ3n) is 2.81. The SMILES string of the molecule is [O]c1cccc2c1cc(F)c1ccccc12. The molecular formula is C14H8FO. The van der Waals surface area contributed by atoms with Crippen molar-refractivity contribution in [2.45, 2.75) is 0 Å². The Morgan fingerprint density at radius 2 is 1.38 bits per heavy atom. The van der Waals surface area contributed by atoms with Gasteiger partial charge in [0.2, 0.25) is 0 Å². The van der Waals surface area contributed by atoms with Gasteiger partial charge in [0.15, 0.2) is 5.75 Å². The summed E-state index contributed by atoms with van der Waals surface area (Å²) in [5.74, 6) is -0.478. The second-order valence-electron chi connectivity index (χ2n) is 3.76. The van der Waals surface area contributed by atoms with Crippen LogP contribution in [0.4, 0.5) is 4.39 Å². The third-order valence-corrected chi connectivity index (χ3v) is 2.81. The number of halogens is 1. The lowest BCUT2D eigenvalue weighted by Gasteiger charge is -2.05. The lowest BCUT2D eigenvalue weighted by Crippen LogP contribution is -1.82. The van der Waals surface area contributed by atoms with Crippen molar-refractivity contribution >= 4 is 21.5 Å². The molecule has 0 spiro atoms. The molecule has 3 aromatic carbocycles.